The van der Waals surface area contributed by atoms with Crippen molar-refractivity contribution in [2.75, 3.05) is 12.4 Å². The highest BCUT2D eigenvalue weighted by Crippen LogP contribution is 2.48. The fourth-order valence-corrected chi connectivity index (χ4v) is 3.98. The molecule has 2 aliphatic carbocycles. The standard InChI is InChI=1S/C18H18N2O5/c1-24-8-14-20-12-7-11(4-5-13(12)25-14)19-17(21)15-9-2-3-10(6-9)16(15)18(22)23/h2-5,7,9-10,15-16H,6,8H2,1H3,(H,19,21)(H,22,23). The van der Waals surface area contributed by atoms with Crippen molar-refractivity contribution in [3.63, 3.8) is 0 Å². The molecule has 2 aliphatic rings. The van der Waals surface area contributed by atoms with Crippen LogP contribution in [0.3, 0.4) is 0 Å². The van der Waals surface area contributed by atoms with E-state index in [1.54, 1.807) is 25.3 Å². The third kappa shape index (κ3) is 2.70. The molecule has 2 bridgehead atoms. The minimum atomic E-state index is -0.909. The number of oxazole rings is 1. The Labute approximate surface area is 143 Å². The molecule has 1 saturated carbocycles. The largest absolute Gasteiger partial charge is 0.481 e. The van der Waals surface area contributed by atoms with E-state index in [1.165, 1.54) is 0 Å². The predicted molar refractivity (Wildman–Crippen MR) is 88.7 cm³/mol. The summed E-state index contributed by atoms with van der Waals surface area (Å²) in [6.07, 6.45) is 4.62. The van der Waals surface area contributed by atoms with E-state index >= 15 is 0 Å². The number of carbonyl (C=O) groups excluding carboxylic acids is 1. The molecular formula is C18H18N2O5. The zero-order chi connectivity index (χ0) is 17.6. The Bertz CT molecular complexity index is 871. The van der Waals surface area contributed by atoms with Crippen LogP contribution in [0, 0.1) is 23.7 Å². The first-order chi connectivity index (χ1) is 12.1. The van der Waals surface area contributed by atoms with Gasteiger partial charge in [-0.05, 0) is 36.5 Å². The molecule has 4 atom stereocenters. The number of allylic oxidation sites excluding steroid dienone is 2. The van der Waals surface area contributed by atoms with Gasteiger partial charge in [0.2, 0.25) is 11.8 Å². The molecule has 1 amide bonds. The van der Waals surface area contributed by atoms with E-state index in [2.05, 4.69) is 10.3 Å². The molecule has 4 unspecified atom stereocenters. The lowest BCUT2D eigenvalue weighted by molar-refractivity contribution is -0.146. The number of aliphatic carboxylic acids is 1. The monoisotopic (exact) mass is 342 g/mol. The smallest absolute Gasteiger partial charge is 0.307 e. The van der Waals surface area contributed by atoms with Crippen LogP contribution in [0.1, 0.15) is 12.3 Å². The van der Waals surface area contributed by atoms with Gasteiger partial charge in [0.15, 0.2) is 5.58 Å². The molecule has 1 aromatic carbocycles. The predicted octanol–water partition coefficient (Wildman–Crippen LogP) is 2.44. The van der Waals surface area contributed by atoms with E-state index in [0.29, 0.717) is 22.7 Å². The summed E-state index contributed by atoms with van der Waals surface area (Å²) in [6.45, 7) is 0.272. The van der Waals surface area contributed by atoms with Gasteiger partial charge in [0.1, 0.15) is 12.1 Å². The Kier molecular flexibility index (Phi) is 3.80. The van der Waals surface area contributed by atoms with Gasteiger partial charge in [0, 0.05) is 12.8 Å². The Morgan fingerprint density at radius 2 is 2.08 bits per heavy atom. The van der Waals surface area contributed by atoms with Crippen LogP contribution >= 0.6 is 0 Å². The van der Waals surface area contributed by atoms with E-state index in [0.717, 1.165) is 6.42 Å². The van der Waals surface area contributed by atoms with Crippen LogP contribution in [-0.2, 0) is 20.9 Å². The van der Waals surface area contributed by atoms with E-state index in [1.807, 2.05) is 12.2 Å². The number of carboxylic acids is 1. The number of fused-ring (bicyclic) bond motifs is 3. The van der Waals surface area contributed by atoms with Crippen molar-refractivity contribution in [2.45, 2.75) is 13.0 Å². The van der Waals surface area contributed by atoms with Gasteiger partial charge in [0.25, 0.3) is 0 Å². The Morgan fingerprint density at radius 3 is 2.80 bits per heavy atom. The summed E-state index contributed by atoms with van der Waals surface area (Å²) in [4.78, 5) is 28.5. The Hall–Kier alpha value is -2.67. The molecule has 1 aromatic heterocycles. The van der Waals surface area contributed by atoms with Gasteiger partial charge in [-0.3, -0.25) is 9.59 Å². The van der Waals surface area contributed by atoms with Crippen molar-refractivity contribution in [2.24, 2.45) is 23.7 Å². The first-order valence-electron chi connectivity index (χ1n) is 8.17. The highest BCUT2D eigenvalue weighted by molar-refractivity contribution is 5.97. The quantitative estimate of drug-likeness (QED) is 0.809. The minimum Gasteiger partial charge on any atom is -0.481 e. The first kappa shape index (κ1) is 15.8. The number of rotatable bonds is 5. The molecule has 1 fully saturated rings. The molecule has 2 aromatic rings. The van der Waals surface area contributed by atoms with E-state index in [-0.39, 0.29) is 24.3 Å². The van der Waals surface area contributed by atoms with Crippen molar-refractivity contribution < 1.29 is 23.8 Å². The second kappa shape index (κ2) is 6.00. The van der Waals surface area contributed by atoms with Gasteiger partial charge in [-0.25, -0.2) is 4.98 Å². The van der Waals surface area contributed by atoms with Crippen LogP contribution in [0.2, 0.25) is 0 Å². The molecule has 0 aliphatic heterocycles. The molecule has 0 radical (unpaired) electrons. The van der Waals surface area contributed by atoms with Gasteiger partial charge in [0.05, 0.1) is 11.8 Å². The molecule has 4 rings (SSSR count). The van der Waals surface area contributed by atoms with Crippen LogP contribution in [-0.4, -0.2) is 29.1 Å². The van der Waals surface area contributed by atoms with Crippen LogP contribution in [0.15, 0.2) is 34.8 Å². The average Bonchev–Trinajstić information content (AvgIpc) is 3.27. The number of benzene rings is 1. The second-order valence-electron chi connectivity index (χ2n) is 6.55. The number of carbonyl (C=O) groups is 2. The lowest BCUT2D eigenvalue weighted by Crippen LogP contribution is -2.36. The van der Waals surface area contributed by atoms with Crippen molar-refractivity contribution in [3.05, 3.63) is 36.2 Å². The second-order valence-corrected chi connectivity index (χ2v) is 6.55. The van der Waals surface area contributed by atoms with Gasteiger partial charge < -0.3 is 19.6 Å². The zero-order valence-corrected chi connectivity index (χ0v) is 13.6. The normalized spacial score (nSPS) is 27.1. The lowest BCUT2D eigenvalue weighted by atomic mass is 9.82. The number of anilines is 1. The molecule has 25 heavy (non-hydrogen) atoms. The molecule has 7 nitrogen and oxygen atoms in total. The Balaban J connectivity index is 1.55. The third-order valence-corrected chi connectivity index (χ3v) is 5.01. The number of amides is 1. The number of nitrogens with zero attached hydrogens (tertiary/aromatic N) is 1. The first-order valence-corrected chi connectivity index (χ1v) is 8.17. The maximum atomic E-state index is 12.7. The minimum absolute atomic E-state index is 0.00446. The van der Waals surface area contributed by atoms with Gasteiger partial charge in [-0.15, -0.1) is 0 Å². The van der Waals surface area contributed by atoms with Crippen molar-refractivity contribution in [1.82, 2.24) is 4.98 Å². The maximum absolute atomic E-state index is 12.7. The van der Waals surface area contributed by atoms with E-state index in [4.69, 9.17) is 9.15 Å². The van der Waals surface area contributed by atoms with Gasteiger partial charge in [-0.2, -0.15) is 0 Å². The average molecular weight is 342 g/mol. The number of ether oxygens (including phenoxy) is 1. The van der Waals surface area contributed by atoms with Crippen molar-refractivity contribution in [1.29, 1.82) is 0 Å². The maximum Gasteiger partial charge on any atom is 0.307 e. The number of nitrogens with one attached hydrogen (secondary N) is 1. The molecule has 2 N–H and O–H groups in total. The van der Waals surface area contributed by atoms with E-state index < -0.39 is 17.8 Å². The number of methoxy groups -OCH3 is 1. The lowest BCUT2D eigenvalue weighted by Gasteiger charge is -2.23. The van der Waals surface area contributed by atoms with Crippen LogP contribution in [0.5, 0.6) is 0 Å². The summed E-state index contributed by atoms with van der Waals surface area (Å²) in [6, 6.07) is 5.17. The molecule has 130 valence electrons. The van der Waals surface area contributed by atoms with Crippen LogP contribution < -0.4 is 5.32 Å². The molecule has 0 spiro atoms. The van der Waals surface area contributed by atoms with Crippen LogP contribution in [0.25, 0.3) is 11.1 Å². The Morgan fingerprint density at radius 1 is 1.32 bits per heavy atom. The highest BCUT2D eigenvalue weighted by Gasteiger charge is 2.51. The number of aromatic nitrogens is 1. The van der Waals surface area contributed by atoms with Gasteiger partial charge in [-0.1, -0.05) is 12.2 Å². The van der Waals surface area contributed by atoms with Crippen molar-refractivity contribution in [3.8, 4) is 0 Å². The summed E-state index contributed by atoms with van der Waals surface area (Å²) in [7, 11) is 1.56. The summed E-state index contributed by atoms with van der Waals surface area (Å²) in [5, 5.41) is 12.3. The van der Waals surface area contributed by atoms with Crippen molar-refractivity contribution >= 4 is 28.7 Å². The molecule has 1 heterocycles. The fraction of sp³-hybridized carbons (Fsp3) is 0.389. The number of carboxylic acid groups (broad SMARTS) is 1. The highest BCUT2D eigenvalue weighted by atomic mass is 16.5. The van der Waals surface area contributed by atoms with E-state index in [9.17, 15) is 14.7 Å². The molecular weight excluding hydrogens is 324 g/mol. The zero-order valence-electron chi connectivity index (χ0n) is 13.6. The number of hydrogen-bond donors (Lipinski definition) is 2. The third-order valence-electron chi connectivity index (χ3n) is 5.01. The summed E-state index contributed by atoms with van der Waals surface area (Å²) in [5.74, 6) is -1.95. The molecule has 0 saturated heterocycles. The summed E-state index contributed by atoms with van der Waals surface area (Å²) >= 11 is 0. The number of hydrogen-bond acceptors (Lipinski definition) is 5. The molecule has 7 heteroatoms. The van der Waals surface area contributed by atoms with Gasteiger partial charge >= 0.3 is 5.97 Å². The summed E-state index contributed by atoms with van der Waals surface area (Å²) < 4.78 is 10.5. The SMILES string of the molecule is COCc1nc2cc(NC(=O)C3C4C=CC(C4)C3C(=O)O)ccc2o1. The topological polar surface area (TPSA) is 102 Å². The fourth-order valence-electron chi connectivity index (χ4n) is 3.98. The summed E-state index contributed by atoms with van der Waals surface area (Å²) in [5.41, 5.74) is 1.80. The van der Waals surface area contributed by atoms with Crippen LogP contribution in [0.4, 0.5) is 5.69 Å².